The summed E-state index contributed by atoms with van der Waals surface area (Å²) in [4.78, 5) is 11.2. The molecule has 1 aliphatic heterocycles. The van der Waals surface area contributed by atoms with Crippen LogP contribution in [-0.2, 0) is 0 Å². The maximum Gasteiger partial charge on any atom is 0.263 e. The number of anilines is 1. The molecule has 3 aromatic rings. The largest absolute Gasteiger partial charge is 0.356 e. The minimum atomic E-state index is 0.565. The molecule has 0 amide bonds. The highest BCUT2D eigenvalue weighted by Gasteiger charge is 2.21. The van der Waals surface area contributed by atoms with Gasteiger partial charge >= 0.3 is 0 Å². The Morgan fingerprint density at radius 3 is 2.43 bits per heavy atom. The molecule has 0 unspecified atom stereocenters. The normalized spacial score (nSPS) is 15.8. The van der Waals surface area contributed by atoms with Crippen molar-refractivity contribution < 1.29 is 4.52 Å². The smallest absolute Gasteiger partial charge is 0.263 e. The highest BCUT2D eigenvalue weighted by atomic mass is 16.5. The van der Waals surface area contributed by atoms with Crippen molar-refractivity contribution in [3.05, 3.63) is 36.2 Å². The fraction of sp³-hybridized carbons (Fsp3) is 0.389. The Morgan fingerprint density at radius 1 is 0.957 bits per heavy atom. The zero-order chi connectivity index (χ0) is 15.6. The van der Waals surface area contributed by atoms with Gasteiger partial charge in [0.1, 0.15) is 23.2 Å². The van der Waals surface area contributed by atoms with Crippen LogP contribution in [0, 0.1) is 6.92 Å². The minimum Gasteiger partial charge on any atom is -0.356 e. The molecular formula is C18H20N4O. The van der Waals surface area contributed by atoms with Crippen molar-refractivity contribution in [1.29, 1.82) is 0 Å². The van der Waals surface area contributed by atoms with E-state index in [9.17, 15) is 0 Å². The van der Waals surface area contributed by atoms with E-state index in [0.29, 0.717) is 5.71 Å². The second-order valence-corrected chi connectivity index (χ2v) is 6.18. The lowest BCUT2D eigenvalue weighted by Crippen LogP contribution is -2.25. The molecule has 0 N–H and O–H groups in total. The van der Waals surface area contributed by atoms with E-state index in [4.69, 9.17) is 4.52 Å². The first kappa shape index (κ1) is 14.2. The summed E-state index contributed by atoms with van der Waals surface area (Å²) in [6.45, 7) is 4.14. The van der Waals surface area contributed by atoms with Gasteiger partial charge < -0.3 is 9.42 Å². The molecule has 3 heterocycles. The lowest BCUT2D eigenvalue weighted by atomic mass is 10.1. The van der Waals surface area contributed by atoms with E-state index >= 15 is 0 Å². The quantitative estimate of drug-likeness (QED) is 0.717. The molecule has 23 heavy (non-hydrogen) atoms. The van der Waals surface area contributed by atoms with Crippen molar-refractivity contribution in [2.75, 3.05) is 18.0 Å². The molecule has 1 aromatic carbocycles. The first-order valence-electron chi connectivity index (χ1n) is 8.25. The van der Waals surface area contributed by atoms with Crippen LogP contribution in [0.15, 0.2) is 35.1 Å². The van der Waals surface area contributed by atoms with E-state index in [1.54, 1.807) is 6.33 Å². The first-order valence-corrected chi connectivity index (χ1v) is 8.25. The van der Waals surface area contributed by atoms with Crippen LogP contribution in [0.2, 0.25) is 0 Å². The Balaban J connectivity index is 1.84. The van der Waals surface area contributed by atoms with Crippen molar-refractivity contribution in [2.45, 2.75) is 32.6 Å². The summed E-state index contributed by atoms with van der Waals surface area (Å²) < 4.78 is 5.47. The second kappa shape index (κ2) is 5.99. The standard InChI is InChI=1S/C18H20N4O/c1-13-6-8-14(9-7-13)16-15-17(19-12-20-18(15)23-21-16)22-10-4-2-3-5-11-22/h6-9,12H,2-5,10-11H2,1H3. The van der Waals surface area contributed by atoms with Gasteiger partial charge in [-0.25, -0.2) is 4.98 Å². The molecular weight excluding hydrogens is 288 g/mol. The molecule has 1 fully saturated rings. The Bertz CT molecular complexity index is 802. The van der Waals surface area contributed by atoms with Crippen LogP contribution in [0.4, 0.5) is 5.82 Å². The highest BCUT2D eigenvalue weighted by molar-refractivity contribution is 5.97. The van der Waals surface area contributed by atoms with Crippen LogP contribution >= 0.6 is 0 Å². The van der Waals surface area contributed by atoms with Gasteiger partial charge in [0.05, 0.1) is 0 Å². The third-order valence-corrected chi connectivity index (χ3v) is 4.48. The molecule has 0 aliphatic carbocycles. The molecule has 0 atom stereocenters. The third-order valence-electron chi connectivity index (χ3n) is 4.48. The number of hydrogen-bond donors (Lipinski definition) is 0. The third kappa shape index (κ3) is 2.67. The second-order valence-electron chi connectivity index (χ2n) is 6.18. The molecule has 118 valence electrons. The number of hydrogen-bond acceptors (Lipinski definition) is 5. The first-order chi connectivity index (χ1) is 11.3. The van der Waals surface area contributed by atoms with Crippen molar-refractivity contribution in [3.8, 4) is 11.3 Å². The van der Waals surface area contributed by atoms with E-state index in [1.807, 2.05) is 0 Å². The van der Waals surface area contributed by atoms with Crippen LogP contribution < -0.4 is 4.90 Å². The molecule has 5 nitrogen and oxygen atoms in total. The molecule has 5 heteroatoms. The van der Waals surface area contributed by atoms with Crippen LogP contribution in [0.1, 0.15) is 31.2 Å². The Labute approximate surface area is 135 Å². The van der Waals surface area contributed by atoms with Crippen molar-refractivity contribution in [2.24, 2.45) is 0 Å². The predicted octanol–water partition coefficient (Wildman–Crippen LogP) is 3.97. The summed E-state index contributed by atoms with van der Waals surface area (Å²) in [6.07, 6.45) is 6.57. The molecule has 0 bridgehead atoms. The van der Waals surface area contributed by atoms with Gasteiger partial charge in [-0.2, -0.15) is 4.98 Å². The zero-order valence-corrected chi connectivity index (χ0v) is 13.3. The number of nitrogens with zero attached hydrogens (tertiary/aromatic N) is 4. The predicted molar refractivity (Wildman–Crippen MR) is 90.5 cm³/mol. The molecule has 2 aromatic heterocycles. The average Bonchev–Trinajstić information content (AvgIpc) is 2.83. The molecule has 0 saturated carbocycles. The number of rotatable bonds is 2. The van der Waals surface area contributed by atoms with Gasteiger partial charge in [-0.05, 0) is 19.8 Å². The molecule has 4 rings (SSSR count). The Morgan fingerprint density at radius 2 is 1.70 bits per heavy atom. The van der Waals surface area contributed by atoms with Gasteiger partial charge in [-0.3, -0.25) is 0 Å². The van der Waals surface area contributed by atoms with E-state index < -0.39 is 0 Å². The van der Waals surface area contributed by atoms with Gasteiger partial charge in [0.25, 0.3) is 5.71 Å². The number of benzene rings is 1. The fourth-order valence-electron chi connectivity index (χ4n) is 3.20. The summed E-state index contributed by atoms with van der Waals surface area (Å²) in [7, 11) is 0. The van der Waals surface area contributed by atoms with Crippen LogP contribution in [0.3, 0.4) is 0 Å². The van der Waals surface area contributed by atoms with Crippen molar-refractivity contribution in [3.63, 3.8) is 0 Å². The van der Waals surface area contributed by atoms with Gasteiger partial charge in [-0.15, -0.1) is 0 Å². The fourth-order valence-corrected chi connectivity index (χ4v) is 3.20. The van der Waals surface area contributed by atoms with Gasteiger partial charge in [-0.1, -0.05) is 47.8 Å². The highest BCUT2D eigenvalue weighted by Crippen LogP contribution is 2.33. The van der Waals surface area contributed by atoms with Gasteiger partial charge in [0.15, 0.2) is 0 Å². The van der Waals surface area contributed by atoms with Crippen LogP contribution in [0.5, 0.6) is 0 Å². The maximum atomic E-state index is 5.47. The van der Waals surface area contributed by atoms with E-state index in [1.165, 1.54) is 31.2 Å². The summed E-state index contributed by atoms with van der Waals surface area (Å²) in [5.41, 5.74) is 3.67. The van der Waals surface area contributed by atoms with Crippen LogP contribution in [-0.4, -0.2) is 28.2 Å². The zero-order valence-electron chi connectivity index (χ0n) is 13.3. The van der Waals surface area contributed by atoms with Gasteiger partial charge in [0.2, 0.25) is 0 Å². The van der Waals surface area contributed by atoms with Crippen molar-refractivity contribution >= 4 is 16.9 Å². The number of aromatic nitrogens is 3. The summed E-state index contributed by atoms with van der Waals surface area (Å²) in [5.74, 6) is 0.953. The van der Waals surface area contributed by atoms with E-state index in [2.05, 4.69) is 51.2 Å². The molecule has 0 radical (unpaired) electrons. The van der Waals surface area contributed by atoms with E-state index in [0.717, 1.165) is 35.6 Å². The lowest BCUT2D eigenvalue weighted by molar-refractivity contribution is 0.451. The molecule has 1 saturated heterocycles. The van der Waals surface area contributed by atoms with Gasteiger partial charge in [0, 0.05) is 18.7 Å². The molecule has 0 spiro atoms. The summed E-state index contributed by atoms with van der Waals surface area (Å²) >= 11 is 0. The summed E-state index contributed by atoms with van der Waals surface area (Å²) in [5, 5.41) is 5.20. The monoisotopic (exact) mass is 308 g/mol. The maximum absolute atomic E-state index is 5.47. The van der Waals surface area contributed by atoms with Crippen LogP contribution in [0.25, 0.3) is 22.4 Å². The summed E-state index contributed by atoms with van der Waals surface area (Å²) in [6, 6.07) is 8.33. The lowest BCUT2D eigenvalue weighted by Gasteiger charge is -2.21. The number of fused-ring (bicyclic) bond motifs is 1. The number of aryl methyl sites for hydroxylation is 1. The topological polar surface area (TPSA) is 55.1 Å². The Kier molecular flexibility index (Phi) is 3.69. The molecule has 1 aliphatic rings. The average molecular weight is 308 g/mol. The minimum absolute atomic E-state index is 0.565. The van der Waals surface area contributed by atoms with Crippen molar-refractivity contribution in [1.82, 2.24) is 15.1 Å². The van der Waals surface area contributed by atoms with E-state index in [-0.39, 0.29) is 0 Å². The SMILES string of the molecule is Cc1ccc(-c2noc3ncnc(N4CCCCCC4)c23)cc1. The Hall–Kier alpha value is -2.43.